The van der Waals surface area contributed by atoms with Crippen molar-refractivity contribution in [1.82, 2.24) is 0 Å². The quantitative estimate of drug-likeness (QED) is 0.358. The van der Waals surface area contributed by atoms with Gasteiger partial charge in [0.25, 0.3) is 0 Å². The molecule has 0 saturated carbocycles. The Morgan fingerprint density at radius 3 is 2.42 bits per heavy atom. The van der Waals surface area contributed by atoms with E-state index in [2.05, 4.69) is 0 Å². The number of hydrogen-bond acceptors (Lipinski definition) is 6. The maximum Gasteiger partial charge on any atom is 0.441 e. The maximum absolute atomic E-state index is 12.3. The minimum atomic E-state index is -1.88. The second kappa shape index (κ2) is 7.71. The van der Waals surface area contributed by atoms with Crippen LogP contribution in [0.3, 0.4) is 0 Å². The highest BCUT2D eigenvalue weighted by Crippen LogP contribution is 2.27. The molecule has 7 nitrogen and oxygen atoms in total. The van der Waals surface area contributed by atoms with Crippen LogP contribution in [0, 0.1) is 10.1 Å². The van der Waals surface area contributed by atoms with Crippen LogP contribution in [0.25, 0.3) is 6.08 Å². The van der Waals surface area contributed by atoms with Gasteiger partial charge in [-0.15, -0.1) is 0 Å². The molecule has 0 aliphatic rings. The average Bonchev–Trinajstić information content (AvgIpc) is 2.56. The van der Waals surface area contributed by atoms with E-state index < -0.39 is 26.9 Å². The van der Waals surface area contributed by atoms with Crippen molar-refractivity contribution in [3.05, 3.63) is 68.7 Å². The Bertz CT molecular complexity index is 760. The van der Waals surface area contributed by atoms with Crippen molar-refractivity contribution < 1.29 is 24.4 Å². The Hall–Kier alpha value is -2.71. The monoisotopic (exact) mass is 349 g/mol. The predicted molar refractivity (Wildman–Crippen MR) is 89.6 cm³/mol. The molecule has 2 N–H and O–H groups in total. The van der Waals surface area contributed by atoms with Crippen molar-refractivity contribution in [3.8, 4) is 17.2 Å². The summed E-state index contributed by atoms with van der Waals surface area (Å²) < 4.78 is 17.3. The summed E-state index contributed by atoms with van der Waals surface area (Å²) in [6, 6.07) is 10.5. The standard InChI is InChI=1S/C16H15NO6S/c1-23-13-5-2-11(3-6-13)10-24(22)16(17(20)21)9-12-4-7-14(18)15(19)8-12/h2-9,18-19H,10H2,1H3/b16-9+. The minimum Gasteiger partial charge on any atom is -0.606 e. The summed E-state index contributed by atoms with van der Waals surface area (Å²) in [5.74, 6) is -0.142. The highest BCUT2D eigenvalue weighted by atomic mass is 32.2. The Kier molecular flexibility index (Phi) is 5.67. The van der Waals surface area contributed by atoms with Gasteiger partial charge in [-0.1, -0.05) is 18.2 Å². The molecule has 2 aromatic rings. The van der Waals surface area contributed by atoms with E-state index in [-0.39, 0.29) is 17.1 Å². The molecule has 24 heavy (non-hydrogen) atoms. The zero-order valence-electron chi connectivity index (χ0n) is 12.7. The highest BCUT2D eigenvalue weighted by molar-refractivity contribution is 7.94. The summed E-state index contributed by atoms with van der Waals surface area (Å²) in [5, 5.41) is 29.4. The SMILES string of the molecule is COc1ccc(C[S+]([O-])/C(=C/c2ccc(O)c(O)c2)[N+](=O)[O-])cc1. The van der Waals surface area contributed by atoms with Crippen LogP contribution < -0.4 is 4.74 Å². The van der Waals surface area contributed by atoms with Crippen molar-refractivity contribution in [2.45, 2.75) is 5.75 Å². The van der Waals surface area contributed by atoms with Crippen LogP contribution >= 0.6 is 0 Å². The molecule has 0 spiro atoms. The first kappa shape index (κ1) is 17.6. The molecule has 0 saturated heterocycles. The fourth-order valence-corrected chi connectivity index (χ4v) is 3.00. The number of benzene rings is 2. The van der Waals surface area contributed by atoms with Crippen molar-refractivity contribution in [2.75, 3.05) is 7.11 Å². The van der Waals surface area contributed by atoms with E-state index in [1.807, 2.05) is 0 Å². The third-order valence-electron chi connectivity index (χ3n) is 3.16. The van der Waals surface area contributed by atoms with Crippen LogP contribution in [0.2, 0.25) is 0 Å². The molecule has 0 fully saturated rings. The second-order valence-corrected chi connectivity index (χ2v) is 6.22. The second-order valence-electron chi connectivity index (χ2n) is 4.83. The zero-order chi connectivity index (χ0) is 17.7. The number of rotatable bonds is 6. The van der Waals surface area contributed by atoms with Crippen LogP contribution in [0.1, 0.15) is 11.1 Å². The van der Waals surface area contributed by atoms with Gasteiger partial charge in [0.05, 0.1) is 24.4 Å². The Labute approximate surface area is 141 Å². The zero-order valence-corrected chi connectivity index (χ0v) is 13.5. The van der Waals surface area contributed by atoms with E-state index in [1.165, 1.54) is 19.2 Å². The average molecular weight is 349 g/mol. The van der Waals surface area contributed by atoms with Gasteiger partial charge in [0, 0.05) is 5.56 Å². The molecule has 0 aromatic heterocycles. The summed E-state index contributed by atoms with van der Waals surface area (Å²) in [5.41, 5.74) is 0.926. The number of phenols is 2. The molecule has 0 heterocycles. The topological polar surface area (TPSA) is 116 Å². The number of hydrogen-bond donors (Lipinski definition) is 2. The summed E-state index contributed by atoms with van der Waals surface area (Å²) in [6.45, 7) is 0. The molecule has 0 amide bonds. The molecule has 1 unspecified atom stereocenters. The van der Waals surface area contributed by atoms with Crippen LogP contribution in [0.15, 0.2) is 47.5 Å². The van der Waals surface area contributed by atoms with Crippen molar-refractivity contribution in [1.29, 1.82) is 0 Å². The van der Waals surface area contributed by atoms with E-state index in [1.54, 1.807) is 24.3 Å². The fourth-order valence-electron chi connectivity index (χ4n) is 1.92. The van der Waals surface area contributed by atoms with Crippen molar-refractivity contribution in [2.24, 2.45) is 0 Å². The van der Waals surface area contributed by atoms with Gasteiger partial charge in [-0.3, -0.25) is 10.1 Å². The summed E-state index contributed by atoms with van der Waals surface area (Å²) >= 11 is -1.88. The van der Waals surface area contributed by atoms with E-state index in [0.717, 1.165) is 12.1 Å². The summed E-state index contributed by atoms with van der Waals surface area (Å²) in [7, 11) is 1.52. The van der Waals surface area contributed by atoms with Crippen LogP contribution in [0.4, 0.5) is 0 Å². The largest absolute Gasteiger partial charge is 0.606 e. The molecule has 0 bridgehead atoms. The van der Waals surface area contributed by atoms with Gasteiger partial charge in [0.2, 0.25) is 0 Å². The van der Waals surface area contributed by atoms with Crippen LogP contribution in [-0.4, -0.2) is 26.8 Å². The lowest BCUT2D eigenvalue weighted by Crippen LogP contribution is -2.14. The van der Waals surface area contributed by atoms with Gasteiger partial charge in [-0.05, 0) is 29.8 Å². The Morgan fingerprint density at radius 1 is 1.21 bits per heavy atom. The van der Waals surface area contributed by atoms with E-state index in [4.69, 9.17) is 4.74 Å². The molecule has 1 atom stereocenters. The number of nitro groups is 1. The molecule has 126 valence electrons. The number of methoxy groups -OCH3 is 1. The third-order valence-corrected chi connectivity index (χ3v) is 4.49. The van der Waals surface area contributed by atoms with Gasteiger partial charge in [-0.2, -0.15) is 0 Å². The first-order valence-electron chi connectivity index (χ1n) is 6.80. The molecule has 0 aliphatic heterocycles. The van der Waals surface area contributed by atoms with Crippen LogP contribution in [-0.2, 0) is 16.9 Å². The molecule has 2 rings (SSSR count). The number of aromatic hydroxyl groups is 2. The number of ether oxygens (including phenoxy) is 1. The molecular weight excluding hydrogens is 334 g/mol. The molecule has 2 aromatic carbocycles. The normalized spacial score (nSPS) is 12.7. The highest BCUT2D eigenvalue weighted by Gasteiger charge is 2.27. The molecular formula is C16H15NO6S. The lowest BCUT2D eigenvalue weighted by Gasteiger charge is -2.08. The third kappa shape index (κ3) is 4.40. The molecule has 8 heteroatoms. The lowest BCUT2D eigenvalue weighted by atomic mass is 10.2. The number of nitrogens with zero attached hydrogens (tertiary/aromatic N) is 1. The van der Waals surface area contributed by atoms with Gasteiger partial charge < -0.3 is 19.5 Å². The van der Waals surface area contributed by atoms with Gasteiger partial charge in [0.15, 0.2) is 11.5 Å². The minimum absolute atomic E-state index is 0.0269. The van der Waals surface area contributed by atoms with Crippen molar-refractivity contribution in [3.63, 3.8) is 0 Å². The first-order chi connectivity index (χ1) is 11.4. The van der Waals surface area contributed by atoms with Crippen LogP contribution in [0.5, 0.6) is 17.2 Å². The van der Waals surface area contributed by atoms with Gasteiger partial charge in [0.1, 0.15) is 16.4 Å². The van der Waals surface area contributed by atoms with E-state index in [0.29, 0.717) is 11.3 Å². The number of phenolic OH excluding ortho intramolecular Hbond substituents is 2. The Balaban J connectivity index is 2.23. The maximum atomic E-state index is 12.3. The first-order valence-corrected chi connectivity index (χ1v) is 8.12. The van der Waals surface area contributed by atoms with E-state index in [9.17, 15) is 24.9 Å². The smallest absolute Gasteiger partial charge is 0.441 e. The summed E-state index contributed by atoms with van der Waals surface area (Å²) in [6.07, 6.45) is 1.11. The van der Waals surface area contributed by atoms with Gasteiger partial charge in [-0.25, -0.2) is 0 Å². The van der Waals surface area contributed by atoms with Gasteiger partial charge >= 0.3 is 5.03 Å². The lowest BCUT2D eigenvalue weighted by molar-refractivity contribution is -0.410. The molecule has 0 aliphatic carbocycles. The van der Waals surface area contributed by atoms with Crippen molar-refractivity contribution >= 4 is 17.3 Å². The predicted octanol–water partition coefficient (Wildman–Crippen LogP) is 2.63. The Morgan fingerprint density at radius 2 is 1.88 bits per heavy atom. The van der Waals surface area contributed by atoms with E-state index >= 15 is 0 Å². The molecule has 0 radical (unpaired) electrons. The fraction of sp³-hybridized carbons (Fsp3) is 0.125. The summed E-state index contributed by atoms with van der Waals surface area (Å²) in [4.78, 5) is 10.5.